The fourth-order valence-corrected chi connectivity index (χ4v) is 2.06. The molecule has 2 rings (SSSR count). The molecular weight excluding hydrogens is 280 g/mol. The summed E-state index contributed by atoms with van der Waals surface area (Å²) in [5.74, 6) is 0.655. The van der Waals surface area contributed by atoms with E-state index in [4.69, 9.17) is 39.5 Å². The highest BCUT2D eigenvalue weighted by Crippen LogP contribution is 2.36. The Hall–Kier alpha value is -0.960. The van der Waals surface area contributed by atoms with Crippen molar-refractivity contribution < 1.29 is 4.74 Å². The predicted molar refractivity (Wildman–Crippen MR) is 71.3 cm³/mol. The molecule has 0 radical (unpaired) electrons. The number of methoxy groups -OCH3 is 1. The van der Waals surface area contributed by atoms with Gasteiger partial charge >= 0.3 is 0 Å². The zero-order valence-electron chi connectivity index (χ0n) is 8.88. The average molecular weight is 289 g/mol. The second-order valence-electron chi connectivity index (χ2n) is 3.31. The van der Waals surface area contributed by atoms with Gasteiger partial charge in [-0.15, -0.1) is 0 Å². The standard InChI is InChI=1S/C12H8Cl3NO/c1-17-10-3-2-4-16-12(10)7-5-8(13)11(15)9(14)6-7/h2-6H,1H3. The predicted octanol–water partition coefficient (Wildman–Crippen LogP) is 4.72. The molecule has 0 spiro atoms. The molecule has 0 N–H and O–H groups in total. The van der Waals surface area contributed by atoms with Crippen molar-refractivity contribution in [3.05, 3.63) is 45.5 Å². The van der Waals surface area contributed by atoms with Gasteiger partial charge in [-0.25, -0.2) is 0 Å². The SMILES string of the molecule is COc1cccnc1-c1cc(Cl)c(Cl)c(Cl)c1. The summed E-state index contributed by atoms with van der Waals surface area (Å²) in [6.45, 7) is 0. The molecule has 0 fully saturated rings. The molecule has 17 heavy (non-hydrogen) atoms. The molecule has 5 heteroatoms. The van der Waals surface area contributed by atoms with Crippen molar-refractivity contribution in [3.63, 3.8) is 0 Å². The van der Waals surface area contributed by atoms with E-state index in [9.17, 15) is 0 Å². The van der Waals surface area contributed by atoms with Gasteiger partial charge in [0, 0.05) is 11.8 Å². The Morgan fingerprint density at radius 3 is 2.35 bits per heavy atom. The highest BCUT2D eigenvalue weighted by Gasteiger charge is 2.11. The largest absolute Gasteiger partial charge is 0.494 e. The summed E-state index contributed by atoms with van der Waals surface area (Å²) in [7, 11) is 1.58. The second-order valence-corrected chi connectivity index (χ2v) is 4.50. The molecule has 0 atom stereocenters. The minimum absolute atomic E-state index is 0.340. The molecule has 0 saturated heterocycles. The van der Waals surface area contributed by atoms with Crippen molar-refractivity contribution >= 4 is 34.8 Å². The summed E-state index contributed by atoms with van der Waals surface area (Å²) in [6, 6.07) is 7.03. The minimum Gasteiger partial charge on any atom is -0.494 e. The lowest BCUT2D eigenvalue weighted by molar-refractivity contribution is 0.415. The second kappa shape index (κ2) is 5.13. The highest BCUT2D eigenvalue weighted by atomic mass is 35.5. The van der Waals surface area contributed by atoms with Crippen molar-refractivity contribution in [2.75, 3.05) is 7.11 Å². The van der Waals surface area contributed by atoms with Crippen LogP contribution in [-0.2, 0) is 0 Å². The van der Waals surface area contributed by atoms with Crippen LogP contribution >= 0.6 is 34.8 Å². The van der Waals surface area contributed by atoms with Gasteiger partial charge in [-0.2, -0.15) is 0 Å². The molecule has 1 aromatic carbocycles. The number of rotatable bonds is 2. The average Bonchev–Trinajstić information content (AvgIpc) is 2.35. The summed E-state index contributed by atoms with van der Waals surface area (Å²) in [4.78, 5) is 4.25. The van der Waals surface area contributed by atoms with Crippen molar-refractivity contribution in [2.45, 2.75) is 0 Å². The van der Waals surface area contributed by atoms with E-state index >= 15 is 0 Å². The Morgan fingerprint density at radius 1 is 1.12 bits per heavy atom. The molecule has 2 aromatic rings. The third-order valence-electron chi connectivity index (χ3n) is 2.25. The lowest BCUT2D eigenvalue weighted by atomic mass is 10.1. The van der Waals surface area contributed by atoms with Gasteiger partial charge in [-0.05, 0) is 24.3 Å². The molecule has 0 saturated carbocycles. The molecule has 2 nitrogen and oxygen atoms in total. The third kappa shape index (κ3) is 2.49. The lowest BCUT2D eigenvalue weighted by Crippen LogP contribution is -1.91. The van der Waals surface area contributed by atoms with Gasteiger partial charge in [0.05, 0.1) is 22.2 Å². The van der Waals surface area contributed by atoms with Gasteiger partial charge in [0.15, 0.2) is 0 Å². The van der Waals surface area contributed by atoms with Crippen LogP contribution in [0.3, 0.4) is 0 Å². The Balaban J connectivity index is 2.61. The van der Waals surface area contributed by atoms with Gasteiger partial charge < -0.3 is 4.74 Å². The molecule has 1 heterocycles. The van der Waals surface area contributed by atoms with E-state index in [0.717, 1.165) is 5.56 Å². The van der Waals surface area contributed by atoms with Gasteiger partial charge in [0.25, 0.3) is 0 Å². The van der Waals surface area contributed by atoms with Gasteiger partial charge in [-0.3, -0.25) is 4.98 Å². The molecule has 0 unspecified atom stereocenters. The van der Waals surface area contributed by atoms with Crippen molar-refractivity contribution in [1.82, 2.24) is 4.98 Å². The zero-order valence-corrected chi connectivity index (χ0v) is 11.1. The first-order chi connectivity index (χ1) is 8.13. The van der Waals surface area contributed by atoms with Crippen LogP contribution in [0.15, 0.2) is 30.5 Å². The van der Waals surface area contributed by atoms with Crippen LogP contribution in [0, 0.1) is 0 Å². The lowest BCUT2D eigenvalue weighted by Gasteiger charge is -2.08. The molecule has 0 aliphatic rings. The van der Waals surface area contributed by atoms with Crippen LogP contribution in [0.5, 0.6) is 5.75 Å². The first-order valence-corrected chi connectivity index (χ1v) is 5.91. The maximum absolute atomic E-state index is 5.98. The first-order valence-electron chi connectivity index (χ1n) is 4.77. The number of halogens is 3. The number of pyridine rings is 1. The number of benzene rings is 1. The molecule has 1 aromatic heterocycles. The van der Waals surface area contributed by atoms with E-state index in [1.165, 1.54) is 0 Å². The molecule has 0 aliphatic carbocycles. The summed E-state index contributed by atoms with van der Waals surface area (Å²) >= 11 is 17.9. The number of hydrogen-bond donors (Lipinski definition) is 0. The first kappa shape index (κ1) is 12.5. The van der Waals surface area contributed by atoms with E-state index in [0.29, 0.717) is 26.5 Å². The highest BCUT2D eigenvalue weighted by molar-refractivity contribution is 6.48. The molecule has 0 aliphatic heterocycles. The Kier molecular flexibility index (Phi) is 3.77. The monoisotopic (exact) mass is 287 g/mol. The molecule has 0 bridgehead atoms. The number of ether oxygens (including phenoxy) is 1. The normalized spacial score (nSPS) is 10.4. The summed E-state index contributed by atoms with van der Waals surface area (Å²) in [5.41, 5.74) is 1.44. The summed E-state index contributed by atoms with van der Waals surface area (Å²) < 4.78 is 5.23. The smallest absolute Gasteiger partial charge is 0.145 e. The van der Waals surface area contributed by atoms with Gasteiger partial charge in [0.2, 0.25) is 0 Å². The van der Waals surface area contributed by atoms with Crippen molar-refractivity contribution in [3.8, 4) is 17.0 Å². The van der Waals surface area contributed by atoms with Gasteiger partial charge in [-0.1, -0.05) is 34.8 Å². The van der Waals surface area contributed by atoms with Crippen molar-refractivity contribution in [2.24, 2.45) is 0 Å². The van der Waals surface area contributed by atoms with Crippen LogP contribution in [0.25, 0.3) is 11.3 Å². The van der Waals surface area contributed by atoms with E-state index in [1.807, 2.05) is 6.07 Å². The maximum atomic E-state index is 5.98. The van der Waals surface area contributed by atoms with Crippen molar-refractivity contribution in [1.29, 1.82) is 0 Å². The van der Waals surface area contributed by atoms with E-state index in [2.05, 4.69) is 4.98 Å². The van der Waals surface area contributed by atoms with E-state index in [-0.39, 0.29) is 0 Å². The van der Waals surface area contributed by atoms with Gasteiger partial charge in [0.1, 0.15) is 11.4 Å². The van der Waals surface area contributed by atoms with Crippen LogP contribution < -0.4 is 4.74 Å². The number of aromatic nitrogens is 1. The molecule has 88 valence electrons. The Bertz CT molecular complexity index is 534. The number of nitrogens with zero attached hydrogens (tertiary/aromatic N) is 1. The molecular formula is C12H8Cl3NO. The zero-order chi connectivity index (χ0) is 12.4. The Morgan fingerprint density at radius 2 is 1.76 bits per heavy atom. The fourth-order valence-electron chi connectivity index (χ4n) is 1.46. The van der Waals surface area contributed by atoms with Crippen LogP contribution in [-0.4, -0.2) is 12.1 Å². The van der Waals surface area contributed by atoms with Crippen LogP contribution in [0.1, 0.15) is 0 Å². The third-order valence-corrected chi connectivity index (χ3v) is 3.44. The molecule has 0 amide bonds. The minimum atomic E-state index is 0.340. The summed E-state index contributed by atoms with van der Waals surface area (Å²) in [5, 5.41) is 1.12. The topological polar surface area (TPSA) is 22.1 Å². The fraction of sp³-hybridized carbons (Fsp3) is 0.0833. The van der Waals surface area contributed by atoms with E-state index in [1.54, 1.807) is 31.5 Å². The van der Waals surface area contributed by atoms with Crippen LogP contribution in [0.4, 0.5) is 0 Å². The Labute approximate surface area is 114 Å². The summed E-state index contributed by atoms with van der Waals surface area (Å²) in [6.07, 6.45) is 1.67. The van der Waals surface area contributed by atoms with E-state index < -0.39 is 0 Å². The number of hydrogen-bond acceptors (Lipinski definition) is 2. The van der Waals surface area contributed by atoms with Crippen LogP contribution in [0.2, 0.25) is 15.1 Å². The quantitative estimate of drug-likeness (QED) is 0.746. The maximum Gasteiger partial charge on any atom is 0.145 e.